The second-order valence-corrected chi connectivity index (χ2v) is 6.29. The van der Waals surface area contributed by atoms with E-state index < -0.39 is 5.97 Å². The molecule has 2 atom stereocenters. The maximum absolute atomic E-state index is 12.2. The molecule has 0 aromatic carbocycles. The van der Waals surface area contributed by atoms with Crippen LogP contribution in [0.5, 0.6) is 0 Å². The molecule has 1 amide bonds. The number of carbonyl (C=O) groups excluding carboxylic acids is 2. The Kier molecular flexibility index (Phi) is 6.84. The number of nitrogens with two attached hydrogens (primary N) is 1. The summed E-state index contributed by atoms with van der Waals surface area (Å²) >= 11 is 1.28. The zero-order chi connectivity index (χ0) is 16.0. The molecule has 5 nitrogen and oxygen atoms in total. The fraction of sp³-hybridized carbons (Fsp3) is 0.600. The molecule has 0 aliphatic carbocycles. The number of esters is 1. The molecule has 0 saturated carbocycles. The van der Waals surface area contributed by atoms with Crippen molar-refractivity contribution in [3.05, 3.63) is 15.8 Å². The molecule has 0 bridgehead atoms. The van der Waals surface area contributed by atoms with Gasteiger partial charge in [0.25, 0.3) is 0 Å². The maximum atomic E-state index is 12.2. The van der Waals surface area contributed by atoms with Crippen molar-refractivity contribution in [1.29, 1.82) is 0 Å². The fourth-order valence-electron chi connectivity index (χ4n) is 1.97. The van der Waals surface area contributed by atoms with Gasteiger partial charge in [0.15, 0.2) is 0 Å². The molecule has 1 aromatic heterocycles. The Balaban J connectivity index is 2.66. The van der Waals surface area contributed by atoms with Gasteiger partial charge in [-0.2, -0.15) is 0 Å². The molecule has 0 fully saturated rings. The second-order valence-electron chi connectivity index (χ2n) is 5.41. The van der Waals surface area contributed by atoms with E-state index in [0.29, 0.717) is 10.6 Å². The Morgan fingerprint density at radius 3 is 2.62 bits per heavy atom. The topological polar surface area (TPSA) is 81.4 Å². The maximum Gasteiger partial charge on any atom is 0.350 e. The lowest BCUT2D eigenvalue weighted by atomic mass is 10.0. The zero-order valence-electron chi connectivity index (χ0n) is 13.1. The van der Waals surface area contributed by atoms with Crippen LogP contribution in [0.1, 0.15) is 48.3 Å². The highest BCUT2D eigenvalue weighted by Gasteiger charge is 2.21. The Bertz CT molecular complexity index is 497. The number of rotatable bonds is 7. The molecule has 0 radical (unpaired) electrons. The summed E-state index contributed by atoms with van der Waals surface area (Å²) in [6, 6.07) is 0.158. The number of ether oxygens (including phenoxy) is 1. The quantitative estimate of drug-likeness (QED) is 0.758. The van der Waals surface area contributed by atoms with Crippen molar-refractivity contribution in [3.8, 4) is 0 Å². The molecule has 21 heavy (non-hydrogen) atoms. The van der Waals surface area contributed by atoms with E-state index in [-0.39, 0.29) is 17.9 Å². The first kappa shape index (κ1) is 17.7. The first-order valence-electron chi connectivity index (χ1n) is 7.09. The number of hydrogen-bond acceptors (Lipinski definition) is 5. The first-order valence-corrected chi connectivity index (χ1v) is 7.97. The van der Waals surface area contributed by atoms with Crippen LogP contribution in [0, 0.1) is 12.8 Å². The van der Waals surface area contributed by atoms with Gasteiger partial charge in [0.2, 0.25) is 5.91 Å². The third-order valence-electron chi connectivity index (χ3n) is 3.34. The molecule has 1 rings (SSSR count). The van der Waals surface area contributed by atoms with Gasteiger partial charge in [-0.25, -0.2) is 4.79 Å². The number of amides is 1. The minimum Gasteiger partial charge on any atom is -0.465 e. The number of thiophene rings is 1. The van der Waals surface area contributed by atoms with Crippen LogP contribution in [0.2, 0.25) is 0 Å². The number of aryl methyl sites for hydroxylation is 1. The average molecular weight is 312 g/mol. The highest BCUT2D eigenvalue weighted by Crippen LogP contribution is 2.29. The lowest BCUT2D eigenvalue weighted by Gasteiger charge is -2.13. The average Bonchev–Trinajstić information content (AvgIpc) is 2.78. The lowest BCUT2D eigenvalue weighted by molar-refractivity contribution is -0.119. The summed E-state index contributed by atoms with van der Waals surface area (Å²) < 4.78 is 4.73. The molecule has 1 aromatic rings. The SMILES string of the molecule is COC(=O)c1scc(C)c1NC(=O)C(C)CCCC(C)N. The Morgan fingerprint density at radius 1 is 1.38 bits per heavy atom. The highest BCUT2D eigenvalue weighted by molar-refractivity contribution is 7.12. The van der Waals surface area contributed by atoms with Gasteiger partial charge in [-0.05, 0) is 37.6 Å². The summed E-state index contributed by atoms with van der Waals surface area (Å²) in [5, 5.41) is 4.69. The molecule has 0 spiro atoms. The largest absolute Gasteiger partial charge is 0.465 e. The van der Waals surface area contributed by atoms with E-state index >= 15 is 0 Å². The molecule has 2 unspecified atom stereocenters. The molecule has 0 aliphatic heterocycles. The summed E-state index contributed by atoms with van der Waals surface area (Å²) in [5.74, 6) is -0.618. The predicted molar refractivity (Wildman–Crippen MR) is 85.7 cm³/mol. The molecule has 3 N–H and O–H groups in total. The van der Waals surface area contributed by atoms with E-state index in [9.17, 15) is 9.59 Å². The van der Waals surface area contributed by atoms with Gasteiger partial charge in [-0.1, -0.05) is 13.3 Å². The van der Waals surface area contributed by atoms with Crippen molar-refractivity contribution in [2.24, 2.45) is 11.7 Å². The van der Waals surface area contributed by atoms with Crippen LogP contribution in [0.4, 0.5) is 5.69 Å². The van der Waals surface area contributed by atoms with Gasteiger partial charge in [-0.15, -0.1) is 11.3 Å². The van der Waals surface area contributed by atoms with E-state index in [0.717, 1.165) is 24.8 Å². The summed E-state index contributed by atoms with van der Waals surface area (Å²) in [5.41, 5.74) is 7.14. The first-order chi connectivity index (χ1) is 9.86. The summed E-state index contributed by atoms with van der Waals surface area (Å²) in [7, 11) is 1.33. The highest BCUT2D eigenvalue weighted by atomic mass is 32.1. The Morgan fingerprint density at radius 2 is 2.05 bits per heavy atom. The standard InChI is InChI=1S/C15H24N2O3S/c1-9(6-5-7-11(3)16)14(18)17-12-10(2)8-21-13(12)15(19)20-4/h8-9,11H,5-7,16H2,1-4H3,(H,17,18). The minimum absolute atomic E-state index is 0.0775. The lowest BCUT2D eigenvalue weighted by Crippen LogP contribution is -2.22. The summed E-state index contributed by atoms with van der Waals surface area (Å²) in [6.07, 6.45) is 2.60. The molecule has 118 valence electrons. The van der Waals surface area contributed by atoms with Crippen molar-refractivity contribution < 1.29 is 14.3 Å². The molecule has 0 aliphatic rings. The molecule has 0 saturated heterocycles. The van der Waals surface area contributed by atoms with E-state index in [1.165, 1.54) is 18.4 Å². The van der Waals surface area contributed by atoms with E-state index in [1.807, 2.05) is 26.2 Å². The summed E-state index contributed by atoms with van der Waals surface area (Å²) in [4.78, 5) is 24.3. The monoisotopic (exact) mass is 312 g/mol. The van der Waals surface area contributed by atoms with Gasteiger partial charge in [-0.3, -0.25) is 4.79 Å². The van der Waals surface area contributed by atoms with Gasteiger partial charge >= 0.3 is 5.97 Å². The van der Waals surface area contributed by atoms with Crippen molar-refractivity contribution in [2.45, 2.75) is 46.1 Å². The third kappa shape index (κ3) is 5.13. The van der Waals surface area contributed by atoms with Crippen molar-refractivity contribution in [2.75, 3.05) is 12.4 Å². The predicted octanol–water partition coefficient (Wildman–Crippen LogP) is 2.94. The van der Waals surface area contributed by atoms with Crippen LogP contribution in [0.25, 0.3) is 0 Å². The Hall–Kier alpha value is -1.40. The van der Waals surface area contributed by atoms with Crippen LogP contribution >= 0.6 is 11.3 Å². The van der Waals surface area contributed by atoms with E-state index in [2.05, 4.69) is 5.32 Å². The van der Waals surface area contributed by atoms with E-state index in [4.69, 9.17) is 10.5 Å². The second kappa shape index (κ2) is 8.14. The number of carbonyl (C=O) groups is 2. The summed E-state index contributed by atoms with van der Waals surface area (Å²) in [6.45, 7) is 5.71. The smallest absolute Gasteiger partial charge is 0.350 e. The van der Waals surface area contributed by atoms with E-state index in [1.54, 1.807) is 0 Å². The Labute approximate surface area is 129 Å². The number of anilines is 1. The number of nitrogens with one attached hydrogen (secondary N) is 1. The van der Waals surface area contributed by atoms with Crippen LogP contribution in [0.15, 0.2) is 5.38 Å². The van der Waals surface area contributed by atoms with Crippen LogP contribution in [0.3, 0.4) is 0 Å². The third-order valence-corrected chi connectivity index (χ3v) is 4.42. The van der Waals surface area contributed by atoms with Gasteiger partial charge < -0.3 is 15.8 Å². The van der Waals surface area contributed by atoms with Crippen molar-refractivity contribution >= 4 is 28.9 Å². The van der Waals surface area contributed by atoms with Crippen LogP contribution in [-0.2, 0) is 9.53 Å². The molecular formula is C15H24N2O3S. The van der Waals surface area contributed by atoms with Crippen LogP contribution < -0.4 is 11.1 Å². The fourth-order valence-corrected chi connectivity index (χ4v) is 2.89. The van der Waals surface area contributed by atoms with Gasteiger partial charge in [0, 0.05) is 12.0 Å². The van der Waals surface area contributed by atoms with Crippen molar-refractivity contribution in [3.63, 3.8) is 0 Å². The van der Waals surface area contributed by atoms with Crippen LogP contribution in [-0.4, -0.2) is 25.0 Å². The number of hydrogen-bond donors (Lipinski definition) is 2. The number of methoxy groups -OCH3 is 1. The minimum atomic E-state index is -0.423. The van der Waals surface area contributed by atoms with Gasteiger partial charge in [0.1, 0.15) is 4.88 Å². The molecular weight excluding hydrogens is 288 g/mol. The van der Waals surface area contributed by atoms with Crippen molar-refractivity contribution in [1.82, 2.24) is 0 Å². The molecule has 6 heteroatoms. The zero-order valence-corrected chi connectivity index (χ0v) is 13.9. The normalized spacial score (nSPS) is 13.6. The molecule has 1 heterocycles. The van der Waals surface area contributed by atoms with Gasteiger partial charge in [0.05, 0.1) is 12.8 Å².